The van der Waals surface area contributed by atoms with Gasteiger partial charge in [0.2, 0.25) is 11.9 Å². The Bertz CT molecular complexity index is 3300. The van der Waals surface area contributed by atoms with Gasteiger partial charge in [-0.25, -0.2) is 19.7 Å². The molecule has 0 spiro atoms. The summed E-state index contributed by atoms with van der Waals surface area (Å²) in [5.74, 6) is 0.678. The molecular formula is C62H62N6O7Si. The molecule has 76 heavy (non-hydrogen) atoms. The lowest BCUT2D eigenvalue weighted by molar-refractivity contribution is -0.118. The van der Waals surface area contributed by atoms with E-state index in [1.807, 2.05) is 95.6 Å². The van der Waals surface area contributed by atoms with Crippen molar-refractivity contribution in [2.24, 2.45) is 5.92 Å². The van der Waals surface area contributed by atoms with Crippen LogP contribution in [-0.4, -0.2) is 72.4 Å². The second-order valence-electron chi connectivity index (χ2n) is 19.8. The van der Waals surface area contributed by atoms with Crippen molar-refractivity contribution in [3.63, 3.8) is 0 Å². The number of carbonyl (C=O) groups excluding carboxylic acids is 1. The van der Waals surface area contributed by atoms with Crippen LogP contribution in [0.15, 0.2) is 200 Å². The van der Waals surface area contributed by atoms with Crippen LogP contribution in [-0.2, 0) is 19.6 Å². The van der Waals surface area contributed by atoms with Crippen molar-refractivity contribution in [2.75, 3.05) is 37.7 Å². The van der Waals surface area contributed by atoms with Crippen LogP contribution in [0.3, 0.4) is 0 Å². The normalized spacial score (nSPS) is 12.3. The largest absolute Gasteiger partial charge is 0.497 e. The van der Waals surface area contributed by atoms with E-state index >= 15 is 0 Å². The number of aromatic nitrogens is 4. The minimum absolute atomic E-state index is 0.0157. The van der Waals surface area contributed by atoms with Gasteiger partial charge < -0.3 is 28.3 Å². The summed E-state index contributed by atoms with van der Waals surface area (Å²) in [7, 11) is 0.0658. The van der Waals surface area contributed by atoms with E-state index in [9.17, 15) is 14.7 Å². The van der Waals surface area contributed by atoms with Gasteiger partial charge in [-0.05, 0) is 74.6 Å². The van der Waals surface area contributed by atoms with Crippen LogP contribution < -0.4 is 30.1 Å². The first-order valence-corrected chi connectivity index (χ1v) is 27.2. The van der Waals surface area contributed by atoms with Crippen LogP contribution in [0.1, 0.15) is 57.4 Å². The van der Waals surface area contributed by atoms with Gasteiger partial charge in [-0.3, -0.25) is 10.1 Å². The van der Waals surface area contributed by atoms with E-state index in [1.54, 1.807) is 76.9 Å². The smallest absolute Gasteiger partial charge is 0.416 e. The minimum Gasteiger partial charge on any atom is -0.497 e. The molecular weight excluding hydrogens is 969 g/mol. The van der Waals surface area contributed by atoms with Crippen LogP contribution in [0, 0.1) is 5.92 Å². The number of nitrogens with zero attached hydrogens (tertiary/aromatic N) is 5. The second-order valence-corrected chi connectivity index (χ2v) is 24.1. The summed E-state index contributed by atoms with van der Waals surface area (Å²) in [5, 5.41) is 15.6. The first kappa shape index (κ1) is 52.4. The number of methoxy groups -OCH3 is 2. The summed E-state index contributed by atoms with van der Waals surface area (Å²) in [6.45, 7) is 10.4. The molecule has 9 aromatic rings. The Morgan fingerprint density at radius 3 is 1.66 bits per heavy atom. The minimum atomic E-state index is -3.22. The molecule has 0 bridgehead atoms. The van der Waals surface area contributed by atoms with E-state index in [1.165, 1.54) is 4.90 Å². The molecule has 0 saturated carbocycles. The topological polar surface area (TPSA) is 150 Å². The summed E-state index contributed by atoms with van der Waals surface area (Å²) in [4.78, 5) is 43.3. The average Bonchev–Trinajstić information content (AvgIpc) is 3.90. The van der Waals surface area contributed by atoms with Crippen molar-refractivity contribution < 1.29 is 33.3 Å². The molecule has 0 aliphatic rings. The van der Waals surface area contributed by atoms with Gasteiger partial charge >= 0.3 is 6.09 Å². The Morgan fingerprint density at radius 1 is 0.645 bits per heavy atom. The Kier molecular flexibility index (Phi) is 15.6. The second kappa shape index (κ2) is 22.6. The third-order valence-electron chi connectivity index (χ3n) is 13.8. The van der Waals surface area contributed by atoms with Crippen molar-refractivity contribution in [2.45, 2.75) is 51.3 Å². The number of carboxylic acid groups (broad SMARTS) is 1. The molecule has 2 heterocycles. The number of amides is 2. The Morgan fingerprint density at radius 2 is 1.14 bits per heavy atom. The predicted molar refractivity (Wildman–Crippen MR) is 302 cm³/mol. The van der Waals surface area contributed by atoms with Gasteiger partial charge in [0, 0.05) is 11.5 Å². The SMILES string of the molecule is COc1ccc(C(OCC(CO[Si](c2ccccc2)(c2ccccc2)C(C)(C)C)n2cnc3c(-c4ccccc4N(C(=O)O)c4ccccc4)nc(NC(=O)C(C)C)nc32)(c2ccccc2)c2ccc(OC)cc2)cc1. The lowest BCUT2D eigenvalue weighted by Crippen LogP contribution is -2.67. The molecule has 14 heteroatoms. The standard InChI is InChI=1S/C62H62N6O7Si/c1-43(2)58(69)66-59-64-55(53-30-20-21-31-54(53)68(60(70)71)47-24-14-9-15-25-47)56-57(65-59)67(42-63-56)48(41-75-76(61(3,4)5,51-26-16-10-17-27-51)52-28-18-11-19-29-52)40-74-62(44-22-12-8-13-23-44,45-32-36-49(72-6)37-33-45)46-34-38-50(73-7)39-35-46/h8-39,42-43,48H,40-41H2,1-7H3,(H,70,71)(H,64,65,66,69). The number of para-hydroxylation sites is 2. The van der Waals surface area contributed by atoms with Gasteiger partial charge in [-0.2, -0.15) is 4.98 Å². The number of anilines is 3. The Hall–Kier alpha value is -8.43. The summed E-state index contributed by atoms with van der Waals surface area (Å²) in [5.41, 5.74) is 3.57. The molecule has 0 aliphatic carbocycles. The van der Waals surface area contributed by atoms with Gasteiger partial charge in [-0.15, -0.1) is 0 Å². The number of benzene rings is 7. The van der Waals surface area contributed by atoms with Gasteiger partial charge in [0.15, 0.2) is 5.65 Å². The van der Waals surface area contributed by atoms with Crippen LogP contribution in [0.25, 0.3) is 22.4 Å². The molecule has 386 valence electrons. The fourth-order valence-electron chi connectivity index (χ4n) is 9.97. The number of rotatable bonds is 19. The van der Waals surface area contributed by atoms with Crippen molar-refractivity contribution >= 4 is 59.2 Å². The molecule has 0 radical (unpaired) electrons. The van der Waals surface area contributed by atoms with E-state index in [0.717, 1.165) is 27.1 Å². The fourth-order valence-corrected chi connectivity index (χ4v) is 14.6. The zero-order valence-electron chi connectivity index (χ0n) is 43.8. The molecule has 13 nitrogen and oxygen atoms in total. The number of carbonyl (C=O) groups is 2. The number of imidazole rings is 1. The van der Waals surface area contributed by atoms with Gasteiger partial charge in [0.05, 0.1) is 51.2 Å². The molecule has 9 rings (SSSR count). The maximum Gasteiger partial charge on any atom is 0.416 e. The third-order valence-corrected chi connectivity index (χ3v) is 18.8. The lowest BCUT2D eigenvalue weighted by Gasteiger charge is -2.44. The van der Waals surface area contributed by atoms with E-state index in [0.29, 0.717) is 45.3 Å². The van der Waals surface area contributed by atoms with Crippen LogP contribution in [0.5, 0.6) is 11.5 Å². The van der Waals surface area contributed by atoms with Crippen LogP contribution >= 0.6 is 0 Å². The first-order chi connectivity index (χ1) is 36.8. The molecule has 2 amide bonds. The molecule has 0 saturated heterocycles. The highest BCUT2D eigenvalue weighted by atomic mass is 28.4. The molecule has 7 aromatic carbocycles. The van der Waals surface area contributed by atoms with Crippen molar-refractivity contribution in [1.29, 1.82) is 0 Å². The third kappa shape index (κ3) is 10.3. The summed E-state index contributed by atoms with van der Waals surface area (Å²) in [6, 6.07) is 62.1. The summed E-state index contributed by atoms with van der Waals surface area (Å²) < 4.78 is 28.8. The number of nitrogens with one attached hydrogen (secondary N) is 1. The Balaban J connectivity index is 1.29. The van der Waals surface area contributed by atoms with E-state index in [2.05, 4.69) is 86.8 Å². The number of hydrogen-bond donors (Lipinski definition) is 2. The number of hydrogen-bond acceptors (Lipinski definition) is 9. The molecule has 2 aromatic heterocycles. The molecule has 1 atom stereocenters. The van der Waals surface area contributed by atoms with E-state index < -0.39 is 32.0 Å². The lowest BCUT2D eigenvalue weighted by atomic mass is 9.80. The summed E-state index contributed by atoms with van der Waals surface area (Å²) >= 11 is 0. The average molecular weight is 1030 g/mol. The first-order valence-electron chi connectivity index (χ1n) is 25.3. The zero-order valence-corrected chi connectivity index (χ0v) is 44.8. The van der Waals surface area contributed by atoms with Crippen molar-refractivity contribution in [3.8, 4) is 22.8 Å². The maximum absolute atomic E-state index is 13.6. The van der Waals surface area contributed by atoms with Gasteiger partial charge in [0.1, 0.15) is 28.3 Å². The van der Waals surface area contributed by atoms with Crippen molar-refractivity contribution in [3.05, 3.63) is 217 Å². The summed E-state index contributed by atoms with van der Waals surface area (Å²) in [6.07, 6.45) is 0.510. The number of fused-ring (bicyclic) bond motifs is 1. The molecule has 2 N–H and O–H groups in total. The molecule has 0 aliphatic heterocycles. The van der Waals surface area contributed by atoms with Crippen LogP contribution in [0.4, 0.5) is 22.1 Å². The van der Waals surface area contributed by atoms with Gasteiger partial charge in [-0.1, -0.05) is 186 Å². The number of ether oxygens (including phenoxy) is 3. The highest BCUT2D eigenvalue weighted by Gasteiger charge is 2.51. The zero-order chi connectivity index (χ0) is 53.5. The fraction of sp³-hybridized carbons (Fsp3) is 0.210. The van der Waals surface area contributed by atoms with E-state index in [4.69, 9.17) is 33.6 Å². The van der Waals surface area contributed by atoms with E-state index in [-0.39, 0.29) is 30.1 Å². The molecule has 0 fully saturated rings. The predicted octanol–water partition coefficient (Wildman–Crippen LogP) is 12.0. The Labute approximate surface area is 444 Å². The van der Waals surface area contributed by atoms with Crippen LogP contribution in [0.2, 0.25) is 5.04 Å². The quantitative estimate of drug-likeness (QED) is 0.0592. The highest BCUT2D eigenvalue weighted by molar-refractivity contribution is 6.99. The highest BCUT2D eigenvalue weighted by Crippen LogP contribution is 2.44. The maximum atomic E-state index is 13.6. The molecule has 1 unspecified atom stereocenters. The van der Waals surface area contributed by atoms with Crippen molar-refractivity contribution in [1.82, 2.24) is 19.5 Å². The monoisotopic (exact) mass is 1030 g/mol. The van der Waals surface area contributed by atoms with Gasteiger partial charge in [0.25, 0.3) is 8.32 Å².